The van der Waals surface area contributed by atoms with Crippen molar-refractivity contribution in [2.24, 2.45) is 0 Å². The van der Waals surface area contributed by atoms with Gasteiger partial charge in [-0.25, -0.2) is 4.57 Å². The van der Waals surface area contributed by atoms with Gasteiger partial charge in [0.05, 0.1) is 6.61 Å². The molecule has 0 bridgehead atoms. The first-order chi connectivity index (χ1) is 24.3. The number of phosphoric ester groups is 1. The van der Waals surface area contributed by atoms with Crippen molar-refractivity contribution in [2.75, 3.05) is 13.2 Å². The first-order valence-corrected chi connectivity index (χ1v) is 20.8. The molecule has 0 radical (unpaired) electrons. The Morgan fingerprint density at radius 1 is 0.540 bits per heavy atom. The van der Waals surface area contributed by atoms with E-state index in [1.54, 1.807) is 0 Å². The third-order valence-corrected chi connectivity index (χ3v) is 8.19. The summed E-state index contributed by atoms with van der Waals surface area (Å²) >= 11 is 0. The lowest BCUT2D eigenvalue weighted by Gasteiger charge is -2.18. The molecule has 8 nitrogen and oxygen atoms in total. The van der Waals surface area contributed by atoms with Gasteiger partial charge >= 0.3 is 19.8 Å². The Morgan fingerprint density at radius 2 is 0.980 bits per heavy atom. The maximum atomic E-state index is 12.3. The minimum atomic E-state index is -4.77. The SMILES string of the molecule is CC/C=C/C/C=C/C/C=C/C/C=C/C/C=C/CCCC(=O)O[C@H](COC(=O)CCCCCCC/C=C/CCCCCCCC)COP(=O)(O)O. The van der Waals surface area contributed by atoms with Crippen molar-refractivity contribution in [1.82, 2.24) is 0 Å². The molecule has 0 unspecified atom stereocenters. The van der Waals surface area contributed by atoms with Crippen LogP contribution in [-0.4, -0.2) is 41.0 Å². The van der Waals surface area contributed by atoms with Gasteiger partial charge < -0.3 is 19.3 Å². The van der Waals surface area contributed by atoms with Crippen molar-refractivity contribution < 1.29 is 37.9 Å². The van der Waals surface area contributed by atoms with Gasteiger partial charge in [0.2, 0.25) is 0 Å². The second kappa shape index (κ2) is 36.3. The van der Waals surface area contributed by atoms with E-state index in [0.717, 1.165) is 64.2 Å². The Balaban J connectivity index is 4.10. The van der Waals surface area contributed by atoms with Crippen LogP contribution in [0.4, 0.5) is 0 Å². The Labute approximate surface area is 304 Å². The molecular weight excluding hydrogens is 651 g/mol. The second-order valence-corrected chi connectivity index (χ2v) is 13.8. The molecule has 1 atom stereocenters. The number of hydrogen-bond acceptors (Lipinski definition) is 6. The summed E-state index contributed by atoms with van der Waals surface area (Å²) < 4.78 is 26.3. The lowest BCUT2D eigenvalue weighted by molar-refractivity contribution is -0.161. The fourth-order valence-electron chi connectivity index (χ4n) is 4.87. The molecule has 50 heavy (non-hydrogen) atoms. The van der Waals surface area contributed by atoms with Crippen molar-refractivity contribution in [2.45, 2.75) is 161 Å². The van der Waals surface area contributed by atoms with Crippen LogP contribution >= 0.6 is 7.82 Å². The average Bonchev–Trinajstić information content (AvgIpc) is 3.08. The standard InChI is InChI=1S/C41H69O8P/c1-3-5-7-9-11-13-15-17-19-20-22-24-26-28-30-32-34-36-41(43)49-39(38-48-50(44,45)46)37-47-40(42)35-33-31-29-27-25-23-21-18-16-14-12-10-8-6-4-2/h5,7,11,13,17-19,21-22,24,28,30,39H,3-4,6,8-10,12,14-16,20,23,25-27,29,31-38H2,1-2H3,(H2,44,45,46)/b7-5+,13-11+,19-17+,21-18+,24-22+,30-28+/t39-/m1/s1. The third-order valence-electron chi connectivity index (χ3n) is 7.71. The number of allylic oxidation sites excluding steroid dienone is 12. The molecule has 0 heterocycles. The van der Waals surface area contributed by atoms with E-state index >= 15 is 0 Å². The number of phosphoric acid groups is 1. The first kappa shape index (κ1) is 47.5. The van der Waals surface area contributed by atoms with Crippen LogP contribution < -0.4 is 0 Å². The van der Waals surface area contributed by atoms with Gasteiger partial charge in [0.1, 0.15) is 6.61 Å². The fraction of sp³-hybridized carbons (Fsp3) is 0.659. The first-order valence-electron chi connectivity index (χ1n) is 19.2. The number of carbonyl (C=O) groups excluding carboxylic acids is 2. The van der Waals surface area contributed by atoms with Crippen LogP contribution in [0.3, 0.4) is 0 Å². The average molecular weight is 721 g/mol. The molecule has 0 aromatic carbocycles. The van der Waals surface area contributed by atoms with Crippen molar-refractivity contribution in [3.8, 4) is 0 Å². The largest absolute Gasteiger partial charge is 0.469 e. The third kappa shape index (κ3) is 38.3. The zero-order valence-electron chi connectivity index (χ0n) is 31.3. The number of rotatable bonds is 34. The Bertz CT molecular complexity index is 1040. The number of hydrogen-bond donors (Lipinski definition) is 2. The van der Waals surface area contributed by atoms with E-state index in [4.69, 9.17) is 19.3 Å². The van der Waals surface area contributed by atoms with Crippen LogP contribution in [0.2, 0.25) is 0 Å². The minimum Gasteiger partial charge on any atom is -0.462 e. The van der Waals surface area contributed by atoms with Gasteiger partial charge in [-0.2, -0.15) is 0 Å². The monoisotopic (exact) mass is 720 g/mol. The highest BCUT2D eigenvalue weighted by atomic mass is 31.2. The van der Waals surface area contributed by atoms with Gasteiger partial charge in [-0.15, -0.1) is 0 Å². The smallest absolute Gasteiger partial charge is 0.462 e. The van der Waals surface area contributed by atoms with E-state index in [-0.39, 0.29) is 19.4 Å². The van der Waals surface area contributed by atoms with E-state index in [1.807, 2.05) is 12.2 Å². The molecule has 0 saturated carbocycles. The summed E-state index contributed by atoms with van der Waals surface area (Å²) in [4.78, 5) is 42.7. The van der Waals surface area contributed by atoms with E-state index in [9.17, 15) is 14.2 Å². The van der Waals surface area contributed by atoms with Crippen LogP contribution in [0, 0.1) is 0 Å². The normalized spacial score (nSPS) is 13.3. The fourth-order valence-corrected chi connectivity index (χ4v) is 5.23. The molecule has 0 aliphatic carbocycles. The molecule has 0 rings (SSSR count). The van der Waals surface area contributed by atoms with Crippen LogP contribution in [0.25, 0.3) is 0 Å². The van der Waals surface area contributed by atoms with Gasteiger partial charge in [-0.1, -0.05) is 138 Å². The quantitative estimate of drug-likeness (QED) is 0.0292. The van der Waals surface area contributed by atoms with Crippen molar-refractivity contribution >= 4 is 19.8 Å². The van der Waals surface area contributed by atoms with E-state index in [1.165, 1.54) is 44.9 Å². The van der Waals surface area contributed by atoms with Gasteiger partial charge in [-0.05, 0) is 77.0 Å². The van der Waals surface area contributed by atoms with Crippen molar-refractivity contribution in [3.05, 3.63) is 72.9 Å². The van der Waals surface area contributed by atoms with Crippen molar-refractivity contribution in [1.29, 1.82) is 0 Å². The van der Waals surface area contributed by atoms with Crippen LogP contribution in [-0.2, 0) is 28.2 Å². The lowest BCUT2D eigenvalue weighted by Crippen LogP contribution is -2.29. The van der Waals surface area contributed by atoms with Crippen molar-refractivity contribution in [3.63, 3.8) is 0 Å². The molecule has 286 valence electrons. The zero-order valence-corrected chi connectivity index (χ0v) is 32.2. The summed E-state index contributed by atoms with van der Waals surface area (Å²) in [5.41, 5.74) is 0. The van der Waals surface area contributed by atoms with Gasteiger partial charge in [0.25, 0.3) is 0 Å². The molecule has 0 fully saturated rings. The summed E-state index contributed by atoms with van der Waals surface area (Å²) in [5.74, 6) is -0.969. The molecule has 0 aliphatic rings. The Hall–Kier alpha value is -2.51. The second-order valence-electron chi connectivity index (χ2n) is 12.5. The molecule has 0 aromatic rings. The van der Waals surface area contributed by atoms with Crippen LogP contribution in [0.1, 0.15) is 155 Å². The van der Waals surface area contributed by atoms with Crippen LogP contribution in [0.5, 0.6) is 0 Å². The van der Waals surface area contributed by atoms with Crippen LogP contribution in [0.15, 0.2) is 72.9 Å². The highest BCUT2D eigenvalue weighted by Crippen LogP contribution is 2.35. The van der Waals surface area contributed by atoms with Gasteiger partial charge in [0.15, 0.2) is 6.10 Å². The maximum absolute atomic E-state index is 12.3. The summed E-state index contributed by atoms with van der Waals surface area (Å²) in [7, 11) is -4.77. The molecule has 0 amide bonds. The summed E-state index contributed by atoms with van der Waals surface area (Å²) in [6, 6.07) is 0. The summed E-state index contributed by atoms with van der Waals surface area (Å²) in [6.07, 6.45) is 46.3. The predicted molar refractivity (Wildman–Crippen MR) is 207 cm³/mol. The number of unbranched alkanes of at least 4 members (excludes halogenated alkanes) is 12. The summed E-state index contributed by atoms with van der Waals surface area (Å²) in [5, 5.41) is 0. The molecule has 0 spiro atoms. The Kier molecular flexibility index (Phi) is 34.5. The number of ether oxygens (including phenoxy) is 2. The lowest BCUT2D eigenvalue weighted by atomic mass is 10.1. The molecule has 9 heteroatoms. The molecular formula is C41H69O8P. The Morgan fingerprint density at radius 3 is 1.52 bits per heavy atom. The van der Waals surface area contributed by atoms with Gasteiger partial charge in [-0.3, -0.25) is 14.1 Å². The van der Waals surface area contributed by atoms with E-state index in [2.05, 4.69) is 79.1 Å². The molecule has 0 aliphatic heterocycles. The molecule has 0 aromatic heterocycles. The zero-order chi connectivity index (χ0) is 36.8. The number of carbonyl (C=O) groups is 2. The van der Waals surface area contributed by atoms with Gasteiger partial charge in [0, 0.05) is 12.8 Å². The molecule has 2 N–H and O–H groups in total. The topological polar surface area (TPSA) is 119 Å². The predicted octanol–water partition coefficient (Wildman–Crippen LogP) is 11.5. The number of esters is 2. The highest BCUT2D eigenvalue weighted by Gasteiger charge is 2.22. The van der Waals surface area contributed by atoms with E-state index < -0.39 is 32.5 Å². The van der Waals surface area contributed by atoms with E-state index in [0.29, 0.717) is 19.3 Å². The molecule has 0 saturated heterocycles. The minimum absolute atomic E-state index is 0.129. The highest BCUT2D eigenvalue weighted by molar-refractivity contribution is 7.46. The summed E-state index contributed by atoms with van der Waals surface area (Å²) in [6.45, 7) is 3.49. The maximum Gasteiger partial charge on any atom is 0.469 e.